The van der Waals surface area contributed by atoms with Crippen LogP contribution < -0.4 is 0 Å². The molecular formula is C23H20ClF3O2. The molecule has 0 radical (unpaired) electrons. The highest BCUT2D eigenvalue weighted by molar-refractivity contribution is 6.31. The summed E-state index contributed by atoms with van der Waals surface area (Å²) in [5.74, 6) is -1.04. The van der Waals surface area contributed by atoms with Crippen LogP contribution in [-0.4, -0.2) is 11.6 Å². The van der Waals surface area contributed by atoms with Crippen LogP contribution >= 0.6 is 11.6 Å². The Balaban J connectivity index is 1.81. The first-order valence-electron chi connectivity index (χ1n) is 9.78. The first-order chi connectivity index (χ1) is 13.7. The minimum Gasteiger partial charge on any atom is -0.298 e. The normalized spacial score (nSPS) is 24.2. The van der Waals surface area contributed by atoms with Crippen LogP contribution in [0.5, 0.6) is 0 Å². The Bertz CT molecular complexity index is 974. The molecule has 2 fully saturated rings. The molecule has 0 aromatic heterocycles. The summed E-state index contributed by atoms with van der Waals surface area (Å²) in [4.78, 5) is 25.9. The Morgan fingerprint density at radius 3 is 2.14 bits per heavy atom. The van der Waals surface area contributed by atoms with Gasteiger partial charge in [0.25, 0.3) is 0 Å². The van der Waals surface area contributed by atoms with Crippen molar-refractivity contribution in [3.8, 4) is 11.1 Å². The molecule has 0 N–H and O–H groups in total. The Morgan fingerprint density at radius 1 is 0.966 bits per heavy atom. The minimum absolute atomic E-state index is 0.0392. The Morgan fingerprint density at radius 2 is 1.55 bits per heavy atom. The van der Waals surface area contributed by atoms with Crippen LogP contribution in [-0.2, 0) is 22.2 Å². The van der Waals surface area contributed by atoms with Crippen molar-refractivity contribution in [1.82, 2.24) is 0 Å². The number of hydrogen-bond acceptors (Lipinski definition) is 2. The Hall–Kier alpha value is -2.14. The molecule has 2 aromatic rings. The molecule has 2 nitrogen and oxygen atoms in total. The van der Waals surface area contributed by atoms with Gasteiger partial charge in [-0.2, -0.15) is 13.2 Å². The van der Waals surface area contributed by atoms with Gasteiger partial charge in [-0.1, -0.05) is 36.7 Å². The number of hydrogen-bond donors (Lipinski definition) is 0. The summed E-state index contributed by atoms with van der Waals surface area (Å²) in [6.07, 6.45) is -1.79. The van der Waals surface area contributed by atoms with E-state index in [9.17, 15) is 22.8 Å². The van der Waals surface area contributed by atoms with Crippen molar-refractivity contribution in [2.24, 2.45) is 11.8 Å². The SMILES string of the molecule is CCc1ccc(-c2ccc(Cl)c(C(F)(F)F)c2)cc1C1C(=O)[C@@H]2CC[C@@H](C2)C1=O. The van der Waals surface area contributed by atoms with Gasteiger partial charge in [0.2, 0.25) is 0 Å². The zero-order chi connectivity index (χ0) is 20.9. The van der Waals surface area contributed by atoms with E-state index in [1.54, 1.807) is 12.1 Å². The van der Waals surface area contributed by atoms with Gasteiger partial charge in [0.15, 0.2) is 11.6 Å². The largest absolute Gasteiger partial charge is 0.417 e. The molecule has 2 aliphatic carbocycles. The fourth-order valence-corrected chi connectivity index (χ4v) is 4.93. The van der Waals surface area contributed by atoms with Crippen molar-refractivity contribution >= 4 is 23.2 Å². The molecule has 2 bridgehead atoms. The van der Waals surface area contributed by atoms with E-state index in [-0.39, 0.29) is 28.4 Å². The van der Waals surface area contributed by atoms with Gasteiger partial charge in [0, 0.05) is 11.8 Å². The maximum Gasteiger partial charge on any atom is 0.417 e. The van der Waals surface area contributed by atoms with E-state index in [4.69, 9.17) is 11.6 Å². The van der Waals surface area contributed by atoms with Gasteiger partial charge in [-0.05, 0) is 66.1 Å². The molecule has 1 unspecified atom stereocenters. The van der Waals surface area contributed by atoms with Crippen molar-refractivity contribution in [3.05, 3.63) is 58.1 Å². The van der Waals surface area contributed by atoms with Crippen molar-refractivity contribution in [1.29, 1.82) is 0 Å². The summed E-state index contributed by atoms with van der Waals surface area (Å²) in [5, 5.41) is -0.360. The quantitative estimate of drug-likeness (QED) is 0.551. The Labute approximate surface area is 172 Å². The summed E-state index contributed by atoms with van der Waals surface area (Å²) < 4.78 is 39.8. The number of benzene rings is 2. The fraction of sp³-hybridized carbons (Fsp3) is 0.391. The molecule has 29 heavy (non-hydrogen) atoms. The van der Waals surface area contributed by atoms with E-state index >= 15 is 0 Å². The van der Waals surface area contributed by atoms with Crippen LogP contribution in [0.2, 0.25) is 5.02 Å². The van der Waals surface area contributed by atoms with Crippen LogP contribution in [0.4, 0.5) is 13.2 Å². The number of carbonyl (C=O) groups is 2. The maximum absolute atomic E-state index is 13.3. The smallest absolute Gasteiger partial charge is 0.298 e. The molecule has 3 atom stereocenters. The zero-order valence-corrected chi connectivity index (χ0v) is 16.6. The van der Waals surface area contributed by atoms with Gasteiger partial charge in [0.1, 0.15) is 5.92 Å². The molecule has 152 valence electrons. The summed E-state index contributed by atoms with van der Waals surface area (Å²) in [6.45, 7) is 1.94. The third-order valence-corrected chi connectivity index (χ3v) is 6.58. The number of fused-ring (bicyclic) bond motifs is 2. The van der Waals surface area contributed by atoms with Crippen LogP contribution in [0.25, 0.3) is 11.1 Å². The number of aryl methyl sites for hydroxylation is 1. The van der Waals surface area contributed by atoms with E-state index in [1.807, 2.05) is 13.0 Å². The van der Waals surface area contributed by atoms with Crippen molar-refractivity contribution in [2.45, 2.75) is 44.7 Å². The minimum atomic E-state index is -4.56. The van der Waals surface area contributed by atoms with Gasteiger partial charge >= 0.3 is 6.18 Å². The molecule has 4 rings (SSSR count). The second-order valence-corrected chi connectivity index (χ2v) is 8.31. The molecule has 0 amide bonds. The second-order valence-electron chi connectivity index (χ2n) is 7.90. The lowest BCUT2D eigenvalue weighted by molar-refractivity contribution is -0.138. The average Bonchev–Trinajstić information content (AvgIpc) is 3.13. The van der Waals surface area contributed by atoms with Gasteiger partial charge in [-0.15, -0.1) is 0 Å². The zero-order valence-electron chi connectivity index (χ0n) is 15.9. The summed E-state index contributed by atoms with van der Waals surface area (Å²) >= 11 is 5.74. The lowest BCUT2D eigenvalue weighted by atomic mass is 9.73. The molecule has 0 aliphatic heterocycles. The highest BCUT2D eigenvalue weighted by atomic mass is 35.5. The van der Waals surface area contributed by atoms with Crippen molar-refractivity contribution in [2.75, 3.05) is 0 Å². The number of alkyl halides is 3. The molecule has 2 aliphatic rings. The standard InChI is InChI=1S/C23H20ClF3O2/c1-2-12-3-4-13(14-7-8-19(24)18(11-14)23(25,26)27)10-17(12)20-21(28)15-5-6-16(9-15)22(20)29/h3-4,7-8,10-11,15-16,20H,2,5-6,9H2,1H3/t15-,16+,20?. The monoisotopic (exact) mass is 420 g/mol. The van der Waals surface area contributed by atoms with Crippen molar-refractivity contribution in [3.63, 3.8) is 0 Å². The van der Waals surface area contributed by atoms with Gasteiger partial charge in [0.05, 0.1) is 10.6 Å². The topological polar surface area (TPSA) is 34.1 Å². The van der Waals surface area contributed by atoms with Crippen molar-refractivity contribution < 1.29 is 22.8 Å². The molecule has 0 saturated heterocycles. The number of rotatable bonds is 3. The van der Waals surface area contributed by atoms with Crippen LogP contribution in [0.1, 0.15) is 48.8 Å². The first-order valence-corrected chi connectivity index (χ1v) is 10.2. The number of carbonyl (C=O) groups excluding carboxylic acids is 2. The summed E-state index contributed by atoms with van der Waals surface area (Å²) in [5.41, 5.74) is 1.51. The second kappa shape index (κ2) is 7.28. The van der Waals surface area contributed by atoms with Gasteiger partial charge in [-0.3, -0.25) is 9.59 Å². The van der Waals surface area contributed by atoms with E-state index in [0.29, 0.717) is 29.5 Å². The van der Waals surface area contributed by atoms with Gasteiger partial charge in [-0.25, -0.2) is 0 Å². The predicted molar refractivity (Wildman–Crippen MR) is 105 cm³/mol. The predicted octanol–water partition coefficient (Wildman–Crippen LogP) is 6.24. The van der Waals surface area contributed by atoms with E-state index < -0.39 is 17.7 Å². The number of halogens is 4. The van der Waals surface area contributed by atoms with Crippen LogP contribution in [0.3, 0.4) is 0 Å². The van der Waals surface area contributed by atoms with E-state index in [0.717, 1.165) is 24.5 Å². The number of ketones is 2. The molecule has 2 saturated carbocycles. The molecule has 0 heterocycles. The summed E-state index contributed by atoms with van der Waals surface area (Å²) in [7, 11) is 0. The Kier molecular flexibility index (Phi) is 5.06. The third-order valence-electron chi connectivity index (χ3n) is 6.25. The molecule has 0 spiro atoms. The number of Topliss-reactive ketones (excluding diaryl/α,β-unsaturated/α-hetero) is 2. The lowest BCUT2D eigenvalue weighted by Gasteiger charge is -2.27. The maximum atomic E-state index is 13.3. The highest BCUT2D eigenvalue weighted by Crippen LogP contribution is 2.45. The highest BCUT2D eigenvalue weighted by Gasteiger charge is 2.47. The average molecular weight is 421 g/mol. The van der Waals surface area contributed by atoms with Crippen LogP contribution in [0, 0.1) is 11.8 Å². The third kappa shape index (κ3) is 3.50. The summed E-state index contributed by atoms with van der Waals surface area (Å²) in [6, 6.07) is 9.03. The first kappa shape index (κ1) is 20.1. The molecular weight excluding hydrogens is 401 g/mol. The van der Waals surface area contributed by atoms with Gasteiger partial charge < -0.3 is 0 Å². The lowest BCUT2D eigenvalue weighted by Crippen LogP contribution is -2.35. The molecule has 6 heteroatoms. The van der Waals surface area contributed by atoms with E-state index in [1.165, 1.54) is 12.1 Å². The molecule has 2 aromatic carbocycles. The van der Waals surface area contributed by atoms with E-state index in [2.05, 4.69) is 0 Å². The fourth-order valence-electron chi connectivity index (χ4n) is 4.70. The van der Waals surface area contributed by atoms with Crippen LogP contribution in [0.15, 0.2) is 36.4 Å².